The fourth-order valence-corrected chi connectivity index (χ4v) is 2.19. The maximum atomic E-state index is 11.5. The smallest absolute Gasteiger partial charge is 0.239 e. The summed E-state index contributed by atoms with van der Waals surface area (Å²) in [4.78, 5) is 13.5. The fraction of sp³-hybridized carbons (Fsp3) is 0.500. The van der Waals surface area contributed by atoms with Crippen LogP contribution in [-0.2, 0) is 4.79 Å². The van der Waals surface area contributed by atoms with Crippen LogP contribution in [-0.4, -0.2) is 36.8 Å². The summed E-state index contributed by atoms with van der Waals surface area (Å²) in [5, 5.41) is 11.9. The second-order valence-electron chi connectivity index (χ2n) is 5.07. The van der Waals surface area contributed by atoms with Crippen molar-refractivity contribution >= 4 is 11.6 Å². The van der Waals surface area contributed by atoms with E-state index in [4.69, 9.17) is 5.11 Å². The lowest BCUT2D eigenvalue weighted by Gasteiger charge is -2.33. The molecule has 1 aliphatic rings. The van der Waals surface area contributed by atoms with Gasteiger partial charge in [-0.2, -0.15) is 0 Å². The summed E-state index contributed by atoms with van der Waals surface area (Å²) < 4.78 is 0. The summed E-state index contributed by atoms with van der Waals surface area (Å²) in [6, 6.07) is 8.11. The molecule has 1 atom stereocenters. The molecule has 0 aliphatic carbocycles. The Balaban J connectivity index is 2.12. The number of benzene rings is 1. The van der Waals surface area contributed by atoms with Crippen LogP contribution in [0.4, 0.5) is 5.69 Å². The minimum absolute atomic E-state index is 0.0215. The van der Waals surface area contributed by atoms with Crippen LogP contribution in [0.1, 0.15) is 25.3 Å². The SMILES string of the molecule is CC(C)c1ccc(N2CC(=O)NC(CO)C2)cc1. The van der Waals surface area contributed by atoms with Gasteiger partial charge in [0.05, 0.1) is 19.2 Å². The zero-order valence-corrected chi connectivity index (χ0v) is 10.9. The van der Waals surface area contributed by atoms with E-state index < -0.39 is 0 Å². The van der Waals surface area contributed by atoms with Crippen LogP contribution < -0.4 is 10.2 Å². The van der Waals surface area contributed by atoms with E-state index in [1.807, 2.05) is 17.0 Å². The standard InChI is InChI=1S/C14H20N2O2/c1-10(2)11-3-5-13(6-4-11)16-7-12(9-17)15-14(18)8-16/h3-6,10,12,17H,7-9H2,1-2H3,(H,15,18). The van der Waals surface area contributed by atoms with Gasteiger partial charge < -0.3 is 15.3 Å². The van der Waals surface area contributed by atoms with E-state index in [1.165, 1.54) is 5.56 Å². The zero-order chi connectivity index (χ0) is 13.1. The summed E-state index contributed by atoms with van der Waals surface area (Å²) in [6.45, 7) is 5.31. The van der Waals surface area contributed by atoms with Crippen molar-refractivity contribution in [2.45, 2.75) is 25.8 Å². The Hall–Kier alpha value is -1.55. The molecular formula is C14H20N2O2. The second kappa shape index (κ2) is 5.40. The number of carbonyl (C=O) groups is 1. The molecule has 1 aromatic carbocycles. The third kappa shape index (κ3) is 2.82. The first-order valence-electron chi connectivity index (χ1n) is 6.35. The molecule has 4 nitrogen and oxygen atoms in total. The van der Waals surface area contributed by atoms with Crippen molar-refractivity contribution in [3.8, 4) is 0 Å². The number of amides is 1. The number of piperazine rings is 1. The van der Waals surface area contributed by atoms with E-state index in [9.17, 15) is 4.79 Å². The number of aliphatic hydroxyl groups is 1. The second-order valence-corrected chi connectivity index (χ2v) is 5.07. The Morgan fingerprint density at radius 1 is 1.39 bits per heavy atom. The van der Waals surface area contributed by atoms with Gasteiger partial charge in [0.25, 0.3) is 0 Å². The summed E-state index contributed by atoms with van der Waals surface area (Å²) in [5.41, 5.74) is 2.33. The minimum Gasteiger partial charge on any atom is -0.394 e. The number of nitrogens with zero attached hydrogens (tertiary/aromatic N) is 1. The predicted molar refractivity (Wildman–Crippen MR) is 71.8 cm³/mol. The fourth-order valence-electron chi connectivity index (χ4n) is 2.19. The van der Waals surface area contributed by atoms with Gasteiger partial charge in [0.2, 0.25) is 5.91 Å². The molecule has 18 heavy (non-hydrogen) atoms. The molecule has 1 heterocycles. The highest BCUT2D eigenvalue weighted by atomic mass is 16.3. The predicted octanol–water partition coefficient (Wildman–Crippen LogP) is 1.11. The van der Waals surface area contributed by atoms with Crippen molar-refractivity contribution in [2.75, 3.05) is 24.6 Å². The van der Waals surface area contributed by atoms with Crippen LogP contribution >= 0.6 is 0 Å². The Bertz CT molecular complexity index is 414. The molecule has 98 valence electrons. The Morgan fingerprint density at radius 3 is 2.61 bits per heavy atom. The monoisotopic (exact) mass is 248 g/mol. The van der Waals surface area contributed by atoms with Crippen molar-refractivity contribution in [2.24, 2.45) is 0 Å². The molecule has 2 N–H and O–H groups in total. The van der Waals surface area contributed by atoms with Crippen molar-refractivity contribution in [3.63, 3.8) is 0 Å². The summed E-state index contributed by atoms with van der Waals surface area (Å²) in [6.07, 6.45) is 0. The summed E-state index contributed by atoms with van der Waals surface area (Å²) in [5.74, 6) is 0.474. The van der Waals surface area contributed by atoms with Gasteiger partial charge in [-0.3, -0.25) is 4.79 Å². The number of carbonyl (C=O) groups excluding carboxylic acids is 1. The first-order chi connectivity index (χ1) is 8.60. The summed E-state index contributed by atoms with van der Waals surface area (Å²) >= 11 is 0. The number of anilines is 1. The normalized spacial score (nSPS) is 20.1. The van der Waals surface area contributed by atoms with Gasteiger partial charge in [0, 0.05) is 12.2 Å². The lowest BCUT2D eigenvalue weighted by molar-refractivity contribution is -0.121. The number of hydrogen-bond donors (Lipinski definition) is 2. The molecule has 1 aromatic rings. The van der Waals surface area contributed by atoms with Crippen LogP contribution in [0.3, 0.4) is 0 Å². The van der Waals surface area contributed by atoms with Gasteiger partial charge in [-0.1, -0.05) is 26.0 Å². The van der Waals surface area contributed by atoms with E-state index in [-0.39, 0.29) is 18.6 Å². The van der Waals surface area contributed by atoms with Gasteiger partial charge in [-0.15, -0.1) is 0 Å². The van der Waals surface area contributed by atoms with Crippen LogP contribution in [0.25, 0.3) is 0 Å². The molecule has 0 bridgehead atoms. The van der Waals surface area contributed by atoms with Crippen molar-refractivity contribution in [3.05, 3.63) is 29.8 Å². The number of nitrogens with one attached hydrogen (secondary N) is 1. The summed E-state index contributed by atoms with van der Waals surface area (Å²) in [7, 11) is 0. The van der Waals surface area contributed by atoms with Gasteiger partial charge in [0.1, 0.15) is 0 Å². The minimum atomic E-state index is -0.170. The van der Waals surface area contributed by atoms with Gasteiger partial charge in [0.15, 0.2) is 0 Å². The van der Waals surface area contributed by atoms with E-state index >= 15 is 0 Å². The van der Waals surface area contributed by atoms with Crippen LogP contribution in [0, 0.1) is 0 Å². The highest BCUT2D eigenvalue weighted by Crippen LogP contribution is 2.21. The molecule has 1 aliphatic heterocycles. The molecule has 1 saturated heterocycles. The molecule has 0 spiro atoms. The maximum absolute atomic E-state index is 11.5. The van der Waals surface area contributed by atoms with Gasteiger partial charge in [-0.25, -0.2) is 0 Å². The van der Waals surface area contributed by atoms with E-state index in [0.717, 1.165) is 5.69 Å². The lowest BCUT2D eigenvalue weighted by Crippen LogP contribution is -2.55. The van der Waals surface area contributed by atoms with Crippen molar-refractivity contribution in [1.82, 2.24) is 5.32 Å². The number of aliphatic hydroxyl groups excluding tert-OH is 1. The lowest BCUT2D eigenvalue weighted by atomic mass is 10.0. The zero-order valence-electron chi connectivity index (χ0n) is 10.9. The van der Waals surface area contributed by atoms with Crippen LogP contribution in [0.5, 0.6) is 0 Å². The topological polar surface area (TPSA) is 52.6 Å². The van der Waals surface area contributed by atoms with Gasteiger partial charge >= 0.3 is 0 Å². The molecule has 2 rings (SSSR count). The third-order valence-corrected chi connectivity index (χ3v) is 3.29. The molecule has 1 amide bonds. The number of hydrogen-bond acceptors (Lipinski definition) is 3. The third-order valence-electron chi connectivity index (χ3n) is 3.29. The van der Waals surface area contributed by atoms with E-state index in [2.05, 4.69) is 31.3 Å². The number of rotatable bonds is 3. The Morgan fingerprint density at radius 2 is 2.06 bits per heavy atom. The van der Waals surface area contributed by atoms with Crippen LogP contribution in [0.15, 0.2) is 24.3 Å². The molecule has 1 unspecified atom stereocenters. The molecular weight excluding hydrogens is 228 g/mol. The Kier molecular flexibility index (Phi) is 3.87. The molecule has 0 saturated carbocycles. The average Bonchev–Trinajstić information content (AvgIpc) is 2.38. The van der Waals surface area contributed by atoms with E-state index in [1.54, 1.807) is 0 Å². The van der Waals surface area contributed by atoms with Crippen molar-refractivity contribution in [1.29, 1.82) is 0 Å². The largest absolute Gasteiger partial charge is 0.394 e. The molecule has 0 aromatic heterocycles. The molecule has 1 fully saturated rings. The van der Waals surface area contributed by atoms with Gasteiger partial charge in [-0.05, 0) is 23.6 Å². The van der Waals surface area contributed by atoms with Crippen LogP contribution in [0.2, 0.25) is 0 Å². The highest BCUT2D eigenvalue weighted by Gasteiger charge is 2.23. The first kappa shape index (κ1) is 12.9. The Labute approximate surface area is 108 Å². The molecule has 4 heteroatoms. The first-order valence-corrected chi connectivity index (χ1v) is 6.35. The maximum Gasteiger partial charge on any atom is 0.239 e. The average molecular weight is 248 g/mol. The molecule has 0 radical (unpaired) electrons. The quantitative estimate of drug-likeness (QED) is 0.842. The highest BCUT2D eigenvalue weighted by molar-refractivity contribution is 5.83. The van der Waals surface area contributed by atoms with E-state index in [0.29, 0.717) is 19.0 Å². The van der Waals surface area contributed by atoms with Crippen molar-refractivity contribution < 1.29 is 9.90 Å².